The lowest BCUT2D eigenvalue weighted by molar-refractivity contribution is -0.723. The summed E-state index contributed by atoms with van der Waals surface area (Å²) in [6, 6.07) is 6.27. The van der Waals surface area contributed by atoms with Gasteiger partial charge in [-0.25, -0.2) is 9.36 Å². The molecule has 23 heavy (non-hydrogen) atoms. The second-order valence-electron chi connectivity index (χ2n) is 6.04. The largest absolute Gasteiger partial charge is 0.478 e. The van der Waals surface area contributed by atoms with Gasteiger partial charge >= 0.3 is 5.97 Å². The van der Waals surface area contributed by atoms with Gasteiger partial charge < -0.3 is 5.11 Å². The molecule has 1 unspecified atom stereocenters. The molecule has 1 aromatic heterocycles. The Bertz CT molecular complexity index is 620. The number of carbonyl (C=O) groups is 1. The summed E-state index contributed by atoms with van der Waals surface area (Å²) in [5.41, 5.74) is 2.47. The average molecular weight is 315 g/mol. The number of nitrogens with zero attached hydrogens (tertiary/aromatic N) is 1. The number of H-pyrrole nitrogens is 1. The van der Waals surface area contributed by atoms with E-state index in [0.717, 1.165) is 36.8 Å². The number of unbranched alkanes of at least 4 members (excludes halogenated alkanes) is 1. The zero-order valence-electron chi connectivity index (χ0n) is 14.1. The fraction of sp³-hybridized carbons (Fsp3) is 0.474. The Kier molecular flexibility index (Phi) is 6.39. The number of aromatic nitrogens is 2. The van der Waals surface area contributed by atoms with Crippen LogP contribution in [0.1, 0.15) is 67.1 Å². The van der Waals surface area contributed by atoms with Crippen LogP contribution in [0.3, 0.4) is 0 Å². The summed E-state index contributed by atoms with van der Waals surface area (Å²) in [5, 5.41) is 9.47. The van der Waals surface area contributed by atoms with Gasteiger partial charge in [0.15, 0.2) is 0 Å². The van der Waals surface area contributed by atoms with E-state index in [1.54, 1.807) is 0 Å². The lowest BCUT2D eigenvalue weighted by Gasteiger charge is -2.15. The highest BCUT2D eigenvalue weighted by Gasteiger charge is 2.17. The first-order valence-electron chi connectivity index (χ1n) is 8.54. The molecule has 0 aliphatic heterocycles. The lowest BCUT2D eigenvalue weighted by Crippen LogP contribution is -2.37. The highest BCUT2D eigenvalue weighted by molar-refractivity contribution is 5.89. The number of hydrogen-bond acceptors (Lipinski definition) is 1. The minimum absolute atomic E-state index is 0.411. The van der Waals surface area contributed by atoms with Crippen LogP contribution in [0.5, 0.6) is 0 Å². The Balaban J connectivity index is 2.12. The Hall–Kier alpha value is -2.10. The van der Waals surface area contributed by atoms with Crippen molar-refractivity contribution in [3.8, 4) is 0 Å². The number of rotatable bonds is 9. The van der Waals surface area contributed by atoms with Crippen LogP contribution >= 0.6 is 0 Å². The molecular weight excluding hydrogens is 288 g/mol. The SMILES string of the molecule is CCCCC(CCc1ccc(CC)cc1C(=O)O)[n+]1cc[nH]c1. The number of aryl methyl sites for hydroxylation is 2. The van der Waals surface area contributed by atoms with Crippen molar-refractivity contribution >= 4 is 5.97 Å². The van der Waals surface area contributed by atoms with Crippen LogP contribution in [0.25, 0.3) is 0 Å². The van der Waals surface area contributed by atoms with E-state index in [1.165, 1.54) is 12.8 Å². The number of imidazole rings is 1. The molecule has 2 N–H and O–H groups in total. The minimum atomic E-state index is -0.824. The molecule has 0 aliphatic rings. The maximum atomic E-state index is 11.5. The fourth-order valence-corrected chi connectivity index (χ4v) is 2.99. The van der Waals surface area contributed by atoms with Gasteiger partial charge in [0, 0.05) is 0 Å². The van der Waals surface area contributed by atoms with E-state index in [1.807, 2.05) is 37.6 Å². The molecule has 1 aromatic carbocycles. The second kappa shape index (κ2) is 8.51. The van der Waals surface area contributed by atoms with E-state index >= 15 is 0 Å². The van der Waals surface area contributed by atoms with E-state index < -0.39 is 5.97 Å². The number of hydrogen-bond donors (Lipinski definition) is 2. The zero-order chi connectivity index (χ0) is 16.7. The molecule has 0 spiro atoms. The Labute approximate surface area is 138 Å². The maximum Gasteiger partial charge on any atom is 0.335 e. The molecule has 2 aromatic rings. The average Bonchev–Trinajstić information content (AvgIpc) is 3.09. The van der Waals surface area contributed by atoms with Gasteiger partial charge in [-0.2, -0.15) is 0 Å². The second-order valence-corrected chi connectivity index (χ2v) is 6.04. The molecule has 0 bridgehead atoms. The molecule has 1 atom stereocenters. The standard InChI is InChI=1S/C19H26N2O2/c1-3-5-6-17(21-12-11-20-14-21)10-9-16-8-7-15(4-2)13-18(16)19(22)23/h7-8,11-14,17H,3-6,9-10H2,1-2H3,(H,22,23)/p+1. The maximum absolute atomic E-state index is 11.5. The van der Waals surface area contributed by atoms with Gasteiger partial charge in [0.25, 0.3) is 0 Å². The molecular formula is C19H27N2O2+. The molecule has 1 heterocycles. The van der Waals surface area contributed by atoms with Gasteiger partial charge in [-0.1, -0.05) is 32.4 Å². The van der Waals surface area contributed by atoms with Crippen molar-refractivity contribution in [1.82, 2.24) is 4.98 Å². The first kappa shape index (κ1) is 17.3. The Morgan fingerprint density at radius 1 is 1.30 bits per heavy atom. The monoisotopic (exact) mass is 315 g/mol. The summed E-state index contributed by atoms with van der Waals surface area (Å²) >= 11 is 0. The first-order chi connectivity index (χ1) is 11.2. The number of aromatic carboxylic acids is 1. The third kappa shape index (κ3) is 4.68. The van der Waals surface area contributed by atoms with Crippen molar-refractivity contribution in [2.75, 3.05) is 0 Å². The van der Waals surface area contributed by atoms with E-state index in [4.69, 9.17) is 0 Å². The summed E-state index contributed by atoms with van der Waals surface area (Å²) in [5.74, 6) is -0.824. The topological polar surface area (TPSA) is 57.0 Å². The third-order valence-electron chi connectivity index (χ3n) is 4.44. The van der Waals surface area contributed by atoms with Crippen molar-refractivity contribution in [2.24, 2.45) is 0 Å². The predicted octanol–water partition coefficient (Wildman–Crippen LogP) is 3.93. The molecule has 0 saturated carbocycles. The summed E-state index contributed by atoms with van der Waals surface area (Å²) in [6.07, 6.45) is 12.0. The number of aromatic amines is 1. The van der Waals surface area contributed by atoms with Crippen LogP contribution in [0, 0.1) is 0 Å². The smallest absolute Gasteiger partial charge is 0.335 e. The zero-order valence-corrected chi connectivity index (χ0v) is 14.1. The molecule has 124 valence electrons. The van der Waals surface area contributed by atoms with Gasteiger partial charge in [0.05, 0.1) is 5.56 Å². The van der Waals surface area contributed by atoms with Gasteiger partial charge in [0.1, 0.15) is 18.4 Å². The number of nitrogens with one attached hydrogen (secondary N) is 1. The lowest BCUT2D eigenvalue weighted by atomic mass is 9.95. The van der Waals surface area contributed by atoms with E-state index in [9.17, 15) is 9.90 Å². The number of carboxylic acids is 1. The van der Waals surface area contributed by atoms with Crippen molar-refractivity contribution in [3.05, 3.63) is 53.6 Å². The number of benzene rings is 1. The third-order valence-corrected chi connectivity index (χ3v) is 4.44. The van der Waals surface area contributed by atoms with Gasteiger partial charge in [-0.15, -0.1) is 0 Å². The highest BCUT2D eigenvalue weighted by Crippen LogP contribution is 2.20. The summed E-state index contributed by atoms with van der Waals surface area (Å²) in [7, 11) is 0. The molecule has 4 heteroatoms. The Morgan fingerprint density at radius 2 is 2.13 bits per heavy atom. The fourth-order valence-electron chi connectivity index (χ4n) is 2.99. The van der Waals surface area contributed by atoms with Gasteiger partial charge in [-0.3, -0.25) is 4.98 Å². The first-order valence-corrected chi connectivity index (χ1v) is 8.54. The summed E-state index contributed by atoms with van der Waals surface area (Å²) in [4.78, 5) is 14.6. The molecule has 2 rings (SSSR count). The van der Waals surface area contributed by atoms with E-state index in [0.29, 0.717) is 11.6 Å². The summed E-state index contributed by atoms with van der Waals surface area (Å²) < 4.78 is 2.20. The summed E-state index contributed by atoms with van der Waals surface area (Å²) in [6.45, 7) is 4.24. The molecule has 0 aliphatic carbocycles. The van der Waals surface area contributed by atoms with Crippen LogP contribution in [0.4, 0.5) is 0 Å². The molecule has 0 fully saturated rings. The van der Waals surface area contributed by atoms with Crippen molar-refractivity contribution in [2.45, 2.75) is 58.4 Å². The molecule has 4 nitrogen and oxygen atoms in total. The van der Waals surface area contributed by atoms with Gasteiger partial charge in [0.2, 0.25) is 6.33 Å². The van der Waals surface area contributed by atoms with Crippen molar-refractivity contribution < 1.29 is 14.5 Å². The van der Waals surface area contributed by atoms with Crippen LogP contribution < -0.4 is 4.57 Å². The number of carboxylic acid groups (broad SMARTS) is 1. The van der Waals surface area contributed by atoms with Crippen LogP contribution in [-0.4, -0.2) is 16.1 Å². The van der Waals surface area contributed by atoms with E-state index in [2.05, 4.69) is 22.7 Å². The van der Waals surface area contributed by atoms with Crippen molar-refractivity contribution in [1.29, 1.82) is 0 Å². The van der Waals surface area contributed by atoms with Crippen molar-refractivity contribution in [3.63, 3.8) is 0 Å². The van der Waals surface area contributed by atoms with Crippen LogP contribution in [0.15, 0.2) is 36.9 Å². The predicted molar refractivity (Wildman–Crippen MR) is 90.7 cm³/mol. The minimum Gasteiger partial charge on any atom is -0.478 e. The highest BCUT2D eigenvalue weighted by atomic mass is 16.4. The molecule has 0 saturated heterocycles. The van der Waals surface area contributed by atoms with E-state index in [-0.39, 0.29) is 0 Å². The normalized spacial score (nSPS) is 12.3. The Morgan fingerprint density at radius 3 is 2.74 bits per heavy atom. The van der Waals surface area contributed by atoms with Crippen LogP contribution in [0.2, 0.25) is 0 Å². The molecule has 0 amide bonds. The van der Waals surface area contributed by atoms with Gasteiger partial charge in [-0.05, 0) is 49.3 Å². The quantitative estimate of drug-likeness (QED) is 0.689. The molecule has 0 radical (unpaired) electrons. The van der Waals surface area contributed by atoms with Crippen LogP contribution in [-0.2, 0) is 12.8 Å².